The van der Waals surface area contributed by atoms with Crippen LogP contribution < -0.4 is 5.32 Å². The Morgan fingerprint density at radius 3 is 2.79 bits per heavy atom. The lowest BCUT2D eigenvalue weighted by Gasteiger charge is -2.35. The molecule has 0 amide bonds. The number of methoxy groups -OCH3 is 1. The van der Waals surface area contributed by atoms with Gasteiger partial charge in [0.2, 0.25) is 0 Å². The molecule has 0 atom stereocenters. The zero-order chi connectivity index (χ0) is 13.4. The Morgan fingerprint density at radius 1 is 1.47 bits per heavy atom. The van der Waals surface area contributed by atoms with Gasteiger partial charge < -0.3 is 15.2 Å². The van der Waals surface area contributed by atoms with Crippen molar-refractivity contribution >= 4 is 11.7 Å². The molecule has 0 saturated heterocycles. The van der Waals surface area contributed by atoms with E-state index < -0.39 is 5.97 Å². The fourth-order valence-corrected chi connectivity index (χ4v) is 2.50. The van der Waals surface area contributed by atoms with Crippen LogP contribution in [0, 0.1) is 0 Å². The Bertz CT molecular complexity index is 493. The Labute approximate surface area is 112 Å². The van der Waals surface area contributed by atoms with Gasteiger partial charge in [0, 0.05) is 19.3 Å². The van der Waals surface area contributed by atoms with E-state index in [4.69, 9.17) is 4.74 Å². The first-order chi connectivity index (χ1) is 9.17. The number of nitrogens with one attached hydrogen (secondary N) is 1. The molecule has 3 rings (SSSR count). The quantitative estimate of drug-likeness (QED) is 0.851. The van der Waals surface area contributed by atoms with Crippen molar-refractivity contribution in [2.24, 2.45) is 0 Å². The molecule has 1 aromatic heterocycles. The van der Waals surface area contributed by atoms with E-state index in [1.54, 1.807) is 13.3 Å². The lowest BCUT2D eigenvalue weighted by molar-refractivity contribution is 0.0328. The zero-order valence-electron chi connectivity index (χ0n) is 10.9. The van der Waals surface area contributed by atoms with E-state index in [0.29, 0.717) is 23.8 Å². The van der Waals surface area contributed by atoms with Crippen LogP contribution in [0.3, 0.4) is 0 Å². The molecule has 2 aliphatic rings. The van der Waals surface area contributed by atoms with Crippen molar-refractivity contribution < 1.29 is 14.6 Å². The molecule has 0 bridgehead atoms. The number of carboxylic acids is 1. The van der Waals surface area contributed by atoms with Crippen LogP contribution in [0.1, 0.15) is 47.7 Å². The third kappa shape index (κ3) is 2.56. The van der Waals surface area contributed by atoms with Crippen molar-refractivity contribution in [3.8, 4) is 0 Å². The molecule has 2 aliphatic carbocycles. The van der Waals surface area contributed by atoms with Crippen LogP contribution >= 0.6 is 0 Å². The fraction of sp³-hybridized carbons (Fsp3) is 0.571. The van der Waals surface area contributed by atoms with E-state index >= 15 is 0 Å². The molecule has 0 unspecified atom stereocenters. The Balaban J connectivity index is 1.77. The highest BCUT2D eigenvalue weighted by Gasteiger charge is 2.31. The summed E-state index contributed by atoms with van der Waals surface area (Å²) < 4.78 is 5.23. The Kier molecular flexibility index (Phi) is 3.14. The number of ether oxygens (including phenoxy) is 1. The van der Waals surface area contributed by atoms with Gasteiger partial charge in [-0.2, -0.15) is 0 Å². The molecule has 1 heterocycles. The van der Waals surface area contributed by atoms with E-state index in [-0.39, 0.29) is 5.69 Å². The molecule has 5 nitrogen and oxygen atoms in total. The molecule has 102 valence electrons. The Hall–Kier alpha value is -1.62. The summed E-state index contributed by atoms with van der Waals surface area (Å²) in [5, 5.41) is 12.5. The first-order valence-electron chi connectivity index (χ1n) is 6.70. The van der Waals surface area contributed by atoms with E-state index in [1.807, 2.05) is 6.07 Å². The van der Waals surface area contributed by atoms with Crippen LogP contribution in [-0.4, -0.2) is 35.3 Å². The van der Waals surface area contributed by atoms with E-state index in [9.17, 15) is 9.90 Å². The van der Waals surface area contributed by atoms with Crippen LogP contribution in [0.4, 0.5) is 5.69 Å². The first kappa shape index (κ1) is 12.4. The van der Waals surface area contributed by atoms with E-state index in [2.05, 4.69) is 10.3 Å². The highest BCUT2D eigenvalue weighted by atomic mass is 16.5. The van der Waals surface area contributed by atoms with Gasteiger partial charge in [0.1, 0.15) is 0 Å². The largest absolute Gasteiger partial charge is 0.476 e. The summed E-state index contributed by atoms with van der Waals surface area (Å²) in [6.07, 6.45) is 6.20. The summed E-state index contributed by atoms with van der Waals surface area (Å²) >= 11 is 0. The molecule has 2 saturated carbocycles. The van der Waals surface area contributed by atoms with Gasteiger partial charge in [-0.25, -0.2) is 9.78 Å². The van der Waals surface area contributed by atoms with Crippen LogP contribution in [-0.2, 0) is 4.74 Å². The highest BCUT2D eigenvalue weighted by Crippen LogP contribution is 2.41. The number of pyridine rings is 1. The van der Waals surface area contributed by atoms with Gasteiger partial charge in [0.25, 0.3) is 0 Å². The standard InChI is InChI=1S/C14H18N2O3/c1-19-11-5-10(6-11)16-12-4-9(8-2-3-8)7-15-13(12)14(17)18/h4,7-8,10-11,16H,2-3,5-6H2,1H3,(H,17,18). The Morgan fingerprint density at radius 2 is 2.21 bits per heavy atom. The van der Waals surface area contributed by atoms with E-state index in [1.165, 1.54) is 12.8 Å². The number of rotatable bonds is 5. The molecular weight excluding hydrogens is 244 g/mol. The van der Waals surface area contributed by atoms with Gasteiger partial charge in [-0.3, -0.25) is 0 Å². The number of hydrogen-bond acceptors (Lipinski definition) is 4. The minimum atomic E-state index is -0.979. The SMILES string of the molecule is COC1CC(Nc2cc(C3CC3)cnc2C(=O)O)C1. The maximum absolute atomic E-state index is 11.2. The van der Waals surface area contributed by atoms with Crippen LogP contribution in [0.2, 0.25) is 0 Å². The maximum atomic E-state index is 11.2. The molecule has 1 aromatic rings. The van der Waals surface area contributed by atoms with Gasteiger partial charge in [0.05, 0.1) is 11.8 Å². The summed E-state index contributed by atoms with van der Waals surface area (Å²) in [4.78, 5) is 15.3. The second-order valence-corrected chi connectivity index (χ2v) is 5.41. The lowest BCUT2D eigenvalue weighted by atomic mass is 9.89. The summed E-state index contributed by atoms with van der Waals surface area (Å²) in [7, 11) is 1.71. The number of aromatic nitrogens is 1. The number of carbonyl (C=O) groups is 1. The summed E-state index contributed by atoms with van der Waals surface area (Å²) in [5.41, 5.74) is 1.91. The molecule has 5 heteroatoms. The predicted octanol–water partition coefficient (Wildman–Crippen LogP) is 2.25. The second-order valence-electron chi connectivity index (χ2n) is 5.41. The molecule has 0 spiro atoms. The van der Waals surface area contributed by atoms with Crippen molar-refractivity contribution in [1.82, 2.24) is 4.98 Å². The van der Waals surface area contributed by atoms with Crippen molar-refractivity contribution in [2.45, 2.75) is 43.7 Å². The molecule has 0 aromatic carbocycles. The minimum Gasteiger partial charge on any atom is -0.476 e. The number of nitrogens with zero attached hydrogens (tertiary/aromatic N) is 1. The van der Waals surface area contributed by atoms with Crippen molar-refractivity contribution in [1.29, 1.82) is 0 Å². The van der Waals surface area contributed by atoms with Crippen molar-refractivity contribution in [3.63, 3.8) is 0 Å². The van der Waals surface area contributed by atoms with Crippen LogP contribution in [0.25, 0.3) is 0 Å². The minimum absolute atomic E-state index is 0.116. The molecule has 2 fully saturated rings. The molecule has 0 radical (unpaired) electrons. The van der Waals surface area contributed by atoms with Crippen LogP contribution in [0.5, 0.6) is 0 Å². The van der Waals surface area contributed by atoms with Crippen molar-refractivity contribution in [3.05, 3.63) is 23.5 Å². The monoisotopic (exact) mass is 262 g/mol. The number of anilines is 1. The van der Waals surface area contributed by atoms with Crippen LogP contribution in [0.15, 0.2) is 12.3 Å². The predicted molar refractivity (Wildman–Crippen MR) is 70.6 cm³/mol. The van der Waals surface area contributed by atoms with Gasteiger partial charge in [-0.05, 0) is 43.2 Å². The third-order valence-corrected chi connectivity index (χ3v) is 3.95. The molecule has 19 heavy (non-hydrogen) atoms. The summed E-state index contributed by atoms with van der Waals surface area (Å²) in [6.45, 7) is 0. The smallest absolute Gasteiger partial charge is 0.356 e. The average molecular weight is 262 g/mol. The second kappa shape index (κ2) is 4.81. The summed E-state index contributed by atoms with van der Waals surface area (Å²) in [6, 6.07) is 2.24. The molecule has 2 N–H and O–H groups in total. The fourth-order valence-electron chi connectivity index (χ4n) is 2.50. The first-order valence-corrected chi connectivity index (χ1v) is 6.70. The average Bonchev–Trinajstić information content (AvgIpc) is 3.16. The van der Waals surface area contributed by atoms with Crippen molar-refractivity contribution in [2.75, 3.05) is 12.4 Å². The third-order valence-electron chi connectivity index (χ3n) is 3.95. The van der Waals surface area contributed by atoms with Gasteiger partial charge in [-0.15, -0.1) is 0 Å². The van der Waals surface area contributed by atoms with Gasteiger partial charge in [0.15, 0.2) is 5.69 Å². The maximum Gasteiger partial charge on any atom is 0.356 e. The highest BCUT2D eigenvalue weighted by molar-refractivity contribution is 5.92. The lowest BCUT2D eigenvalue weighted by Crippen LogP contribution is -2.40. The van der Waals surface area contributed by atoms with Gasteiger partial charge >= 0.3 is 5.97 Å². The normalized spacial score (nSPS) is 25.7. The van der Waals surface area contributed by atoms with E-state index in [0.717, 1.165) is 18.4 Å². The zero-order valence-corrected chi connectivity index (χ0v) is 10.9. The number of hydrogen-bond donors (Lipinski definition) is 2. The van der Waals surface area contributed by atoms with Gasteiger partial charge in [-0.1, -0.05) is 0 Å². The summed E-state index contributed by atoms with van der Waals surface area (Å²) in [5.74, 6) is -0.406. The number of aromatic carboxylic acids is 1. The number of carboxylic acid groups (broad SMARTS) is 1. The molecule has 0 aliphatic heterocycles. The molecular formula is C14H18N2O3. The topological polar surface area (TPSA) is 71.5 Å².